The fourth-order valence-corrected chi connectivity index (χ4v) is 0.767. The van der Waals surface area contributed by atoms with Crippen LogP contribution in [0, 0.1) is 0 Å². The van der Waals surface area contributed by atoms with E-state index in [4.69, 9.17) is 0 Å². The van der Waals surface area contributed by atoms with Crippen LogP contribution in [0.4, 0.5) is 0 Å². The lowest BCUT2D eigenvalue weighted by Gasteiger charge is -1.98. The van der Waals surface area contributed by atoms with Crippen LogP contribution < -0.4 is 0 Å². The second-order valence-electron chi connectivity index (χ2n) is 2.25. The Morgan fingerprint density at radius 1 is 1.83 bits per heavy atom. The van der Waals surface area contributed by atoms with Crippen molar-refractivity contribution in [1.82, 2.24) is 9.55 Å². The number of aromatic nitrogens is 2. The van der Waals surface area contributed by atoms with Crippen LogP contribution in [0.5, 0.6) is 5.88 Å². The van der Waals surface area contributed by atoms with E-state index in [-0.39, 0.29) is 18.2 Å². The quantitative estimate of drug-likeness (QED) is 0.648. The van der Waals surface area contributed by atoms with Gasteiger partial charge in [-0.2, -0.15) is 0 Å². The topological polar surface area (TPSA) is 64.3 Å². The first-order chi connectivity index (χ1) is 5.66. The number of ether oxygens (including phenoxy) is 1. The van der Waals surface area contributed by atoms with Crippen molar-refractivity contribution >= 4 is 5.97 Å². The third-order valence-corrected chi connectivity index (χ3v) is 1.37. The van der Waals surface area contributed by atoms with Crippen LogP contribution in [-0.2, 0) is 11.8 Å². The number of rotatable bonds is 2. The van der Waals surface area contributed by atoms with Gasteiger partial charge in [-0.3, -0.25) is 0 Å². The Bertz CT molecular complexity index is 293. The molecule has 1 heterocycles. The molecule has 0 aliphatic heterocycles. The molecular weight excluding hydrogens is 160 g/mol. The highest BCUT2D eigenvalue weighted by Gasteiger charge is 2.16. The lowest BCUT2D eigenvalue weighted by atomic mass is 10.4. The highest BCUT2D eigenvalue weighted by molar-refractivity contribution is 5.89. The molecule has 0 bridgehead atoms. The summed E-state index contributed by atoms with van der Waals surface area (Å²) in [7, 11) is 1.59. The number of esters is 1. The summed E-state index contributed by atoms with van der Waals surface area (Å²) in [6.07, 6.45) is 1.35. The van der Waals surface area contributed by atoms with Crippen molar-refractivity contribution in [3.8, 4) is 5.88 Å². The van der Waals surface area contributed by atoms with E-state index in [1.54, 1.807) is 14.0 Å². The van der Waals surface area contributed by atoms with Gasteiger partial charge in [0, 0.05) is 7.05 Å². The van der Waals surface area contributed by atoms with E-state index in [1.807, 2.05) is 0 Å². The van der Waals surface area contributed by atoms with Gasteiger partial charge in [-0.05, 0) is 6.92 Å². The third-order valence-electron chi connectivity index (χ3n) is 1.37. The van der Waals surface area contributed by atoms with E-state index in [1.165, 1.54) is 10.9 Å². The molecular formula is C7H10N2O3. The summed E-state index contributed by atoms with van der Waals surface area (Å²) in [5.74, 6) is -0.774. The van der Waals surface area contributed by atoms with Crippen LogP contribution in [0.2, 0.25) is 0 Å². The smallest absolute Gasteiger partial charge is 0.362 e. The van der Waals surface area contributed by atoms with Crippen molar-refractivity contribution in [2.75, 3.05) is 6.61 Å². The molecule has 0 aliphatic rings. The Balaban J connectivity index is 2.88. The molecule has 0 radical (unpaired) electrons. The molecule has 5 heteroatoms. The molecule has 0 saturated heterocycles. The van der Waals surface area contributed by atoms with E-state index in [0.29, 0.717) is 0 Å². The van der Waals surface area contributed by atoms with Crippen LogP contribution in [0.3, 0.4) is 0 Å². The zero-order valence-corrected chi connectivity index (χ0v) is 6.94. The number of aryl methyl sites for hydroxylation is 1. The second kappa shape index (κ2) is 3.25. The third kappa shape index (κ3) is 1.39. The fourth-order valence-electron chi connectivity index (χ4n) is 0.767. The van der Waals surface area contributed by atoms with E-state index in [9.17, 15) is 9.90 Å². The number of aromatic hydroxyl groups is 1. The van der Waals surface area contributed by atoms with Crippen molar-refractivity contribution in [2.45, 2.75) is 6.92 Å². The average Bonchev–Trinajstić information content (AvgIpc) is 2.34. The number of carbonyl (C=O) groups excluding carboxylic acids is 1. The van der Waals surface area contributed by atoms with Gasteiger partial charge in [0.05, 0.1) is 12.9 Å². The lowest BCUT2D eigenvalue weighted by Crippen LogP contribution is -2.05. The van der Waals surface area contributed by atoms with Gasteiger partial charge in [-0.25, -0.2) is 9.78 Å². The summed E-state index contributed by atoms with van der Waals surface area (Å²) in [6, 6.07) is 0. The molecule has 0 aromatic carbocycles. The minimum absolute atomic E-state index is 0.0423. The lowest BCUT2D eigenvalue weighted by molar-refractivity contribution is 0.0516. The van der Waals surface area contributed by atoms with Crippen LogP contribution in [0.25, 0.3) is 0 Å². The maximum absolute atomic E-state index is 11.0. The van der Waals surface area contributed by atoms with Crippen LogP contribution in [-0.4, -0.2) is 27.2 Å². The Hall–Kier alpha value is -1.52. The van der Waals surface area contributed by atoms with Gasteiger partial charge >= 0.3 is 5.97 Å². The minimum Gasteiger partial charge on any atom is -0.493 e. The molecule has 0 atom stereocenters. The van der Waals surface area contributed by atoms with E-state index >= 15 is 0 Å². The first-order valence-corrected chi connectivity index (χ1v) is 3.54. The molecule has 0 spiro atoms. The highest BCUT2D eigenvalue weighted by atomic mass is 16.5. The molecule has 1 N–H and O–H groups in total. The summed E-state index contributed by atoms with van der Waals surface area (Å²) in [5, 5.41) is 9.23. The maximum Gasteiger partial charge on any atom is 0.362 e. The molecule has 1 aromatic rings. The zero-order valence-electron chi connectivity index (χ0n) is 6.94. The van der Waals surface area contributed by atoms with Crippen LogP contribution >= 0.6 is 0 Å². The molecule has 0 amide bonds. The Morgan fingerprint density at radius 2 is 2.50 bits per heavy atom. The van der Waals surface area contributed by atoms with Crippen LogP contribution in [0.15, 0.2) is 6.33 Å². The molecule has 0 fully saturated rings. The van der Waals surface area contributed by atoms with Gasteiger partial charge in [-0.1, -0.05) is 0 Å². The largest absolute Gasteiger partial charge is 0.493 e. The van der Waals surface area contributed by atoms with Gasteiger partial charge < -0.3 is 14.4 Å². The maximum atomic E-state index is 11.0. The summed E-state index contributed by atoms with van der Waals surface area (Å²) >= 11 is 0. The highest BCUT2D eigenvalue weighted by Crippen LogP contribution is 2.13. The van der Waals surface area contributed by atoms with Gasteiger partial charge in [-0.15, -0.1) is 0 Å². The molecule has 66 valence electrons. The van der Waals surface area contributed by atoms with Crippen molar-refractivity contribution in [3.05, 3.63) is 12.0 Å². The first-order valence-electron chi connectivity index (χ1n) is 3.54. The van der Waals surface area contributed by atoms with Gasteiger partial charge in [0.25, 0.3) is 0 Å². The number of carbonyl (C=O) groups is 1. The van der Waals surface area contributed by atoms with E-state index in [0.717, 1.165) is 0 Å². The fraction of sp³-hybridized carbons (Fsp3) is 0.429. The Kier molecular flexibility index (Phi) is 2.32. The standard InChI is InChI=1S/C7H10N2O3/c1-3-12-7(11)5-6(10)9(2)4-8-5/h4,10H,3H2,1-2H3. The summed E-state index contributed by atoms with van der Waals surface area (Å²) in [4.78, 5) is 14.7. The predicted molar refractivity (Wildman–Crippen MR) is 40.8 cm³/mol. The molecule has 0 unspecified atom stereocenters. The van der Waals surface area contributed by atoms with Crippen molar-refractivity contribution < 1.29 is 14.6 Å². The molecule has 0 aliphatic carbocycles. The molecule has 5 nitrogen and oxygen atoms in total. The molecule has 1 aromatic heterocycles. The monoisotopic (exact) mass is 170 g/mol. The predicted octanol–water partition coefficient (Wildman–Crippen LogP) is 0.302. The molecule has 1 rings (SSSR count). The van der Waals surface area contributed by atoms with Crippen molar-refractivity contribution in [1.29, 1.82) is 0 Å². The van der Waals surface area contributed by atoms with Gasteiger partial charge in [0.15, 0.2) is 0 Å². The van der Waals surface area contributed by atoms with E-state index < -0.39 is 5.97 Å². The van der Waals surface area contributed by atoms with Crippen molar-refractivity contribution in [2.24, 2.45) is 7.05 Å². The molecule has 12 heavy (non-hydrogen) atoms. The number of nitrogens with zero attached hydrogens (tertiary/aromatic N) is 2. The van der Waals surface area contributed by atoms with Gasteiger partial charge in [0.1, 0.15) is 0 Å². The Labute approximate surface area is 69.6 Å². The summed E-state index contributed by atoms with van der Waals surface area (Å²) < 4.78 is 5.99. The van der Waals surface area contributed by atoms with Crippen molar-refractivity contribution in [3.63, 3.8) is 0 Å². The average molecular weight is 170 g/mol. The molecule has 0 saturated carbocycles. The Morgan fingerprint density at radius 3 is 2.92 bits per heavy atom. The summed E-state index contributed by atoms with van der Waals surface area (Å²) in [6.45, 7) is 1.97. The van der Waals surface area contributed by atoms with E-state index in [2.05, 4.69) is 9.72 Å². The van der Waals surface area contributed by atoms with Crippen LogP contribution in [0.1, 0.15) is 17.4 Å². The number of hydrogen-bond donors (Lipinski definition) is 1. The first kappa shape index (κ1) is 8.58. The number of imidazole rings is 1. The SMILES string of the molecule is CCOC(=O)c1ncn(C)c1O. The van der Waals surface area contributed by atoms with Gasteiger partial charge in [0.2, 0.25) is 11.6 Å². The minimum atomic E-state index is -0.601. The second-order valence-corrected chi connectivity index (χ2v) is 2.25. The summed E-state index contributed by atoms with van der Waals surface area (Å²) in [5.41, 5.74) is -0.0423. The normalized spacial score (nSPS) is 9.83. The number of hydrogen-bond acceptors (Lipinski definition) is 4. The zero-order chi connectivity index (χ0) is 9.14.